The third-order valence-corrected chi connectivity index (χ3v) is 3.88. The Hall–Kier alpha value is -2.40. The maximum absolute atomic E-state index is 4.72. The number of piperazine rings is 1. The van der Waals surface area contributed by atoms with Crippen molar-refractivity contribution in [3.63, 3.8) is 0 Å². The van der Waals surface area contributed by atoms with Crippen LogP contribution >= 0.6 is 0 Å². The summed E-state index contributed by atoms with van der Waals surface area (Å²) in [5, 5.41) is 3.38. The Kier molecular flexibility index (Phi) is 3.05. The molecule has 0 spiro atoms. The van der Waals surface area contributed by atoms with Crippen LogP contribution in [0.2, 0.25) is 0 Å². The number of hydrogen-bond acceptors (Lipinski definition) is 4. The summed E-state index contributed by atoms with van der Waals surface area (Å²) in [6.07, 6.45) is 7.76. The Morgan fingerprint density at radius 3 is 2.86 bits per heavy atom. The molecule has 21 heavy (non-hydrogen) atoms. The van der Waals surface area contributed by atoms with Gasteiger partial charge in [-0.15, -0.1) is 0 Å². The monoisotopic (exact) mass is 279 g/mol. The van der Waals surface area contributed by atoms with Gasteiger partial charge in [0.1, 0.15) is 5.65 Å². The van der Waals surface area contributed by atoms with Crippen molar-refractivity contribution < 1.29 is 0 Å². The molecule has 0 bridgehead atoms. The maximum Gasteiger partial charge on any atom is 0.139 e. The van der Waals surface area contributed by atoms with Crippen LogP contribution in [0.4, 0.5) is 5.69 Å². The zero-order valence-electron chi connectivity index (χ0n) is 11.7. The van der Waals surface area contributed by atoms with E-state index in [4.69, 9.17) is 4.98 Å². The van der Waals surface area contributed by atoms with Crippen LogP contribution in [-0.2, 0) is 0 Å². The zero-order valence-corrected chi connectivity index (χ0v) is 11.7. The number of nitrogens with zero attached hydrogens (tertiary/aromatic N) is 4. The Labute approximate surface area is 123 Å². The number of rotatable bonds is 2. The van der Waals surface area contributed by atoms with Crippen molar-refractivity contribution in [1.82, 2.24) is 19.7 Å². The summed E-state index contributed by atoms with van der Waals surface area (Å²) in [6, 6.07) is 8.29. The van der Waals surface area contributed by atoms with Gasteiger partial charge in [0.25, 0.3) is 0 Å². The highest BCUT2D eigenvalue weighted by atomic mass is 15.2. The normalized spacial score (nSPS) is 15.5. The second-order valence-corrected chi connectivity index (χ2v) is 5.26. The third kappa shape index (κ3) is 2.36. The molecule has 0 radical (unpaired) electrons. The van der Waals surface area contributed by atoms with Gasteiger partial charge in [-0.05, 0) is 18.2 Å². The molecule has 1 aliphatic rings. The number of aromatic nitrogens is 3. The van der Waals surface area contributed by atoms with E-state index in [1.165, 1.54) is 5.69 Å². The predicted molar refractivity (Wildman–Crippen MR) is 83.5 cm³/mol. The molecule has 1 saturated heterocycles. The SMILES string of the molecule is c1cncc(-c2cn3ccc(N4CCNCC4)cc3n2)c1. The summed E-state index contributed by atoms with van der Waals surface area (Å²) in [4.78, 5) is 11.3. The van der Waals surface area contributed by atoms with Crippen molar-refractivity contribution in [2.24, 2.45) is 0 Å². The Morgan fingerprint density at radius 2 is 2.05 bits per heavy atom. The summed E-state index contributed by atoms with van der Waals surface area (Å²) in [6.45, 7) is 4.18. The molecule has 0 unspecified atom stereocenters. The van der Waals surface area contributed by atoms with Gasteiger partial charge in [-0.1, -0.05) is 0 Å². The standard InChI is InChI=1S/C16H17N5/c1-2-13(11-18-4-1)15-12-21-7-3-14(10-16(21)19-15)20-8-5-17-6-9-20/h1-4,7,10-12,17H,5-6,8-9H2. The molecule has 3 aromatic heterocycles. The van der Waals surface area contributed by atoms with Crippen molar-refractivity contribution in [2.75, 3.05) is 31.1 Å². The van der Waals surface area contributed by atoms with Crippen molar-refractivity contribution in [3.8, 4) is 11.3 Å². The lowest BCUT2D eigenvalue weighted by molar-refractivity contribution is 0.589. The molecule has 1 N–H and O–H groups in total. The number of pyridine rings is 2. The van der Waals surface area contributed by atoms with Gasteiger partial charge in [-0.3, -0.25) is 4.98 Å². The van der Waals surface area contributed by atoms with Crippen molar-refractivity contribution >= 4 is 11.3 Å². The first-order chi connectivity index (χ1) is 10.4. The van der Waals surface area contributed by atoms with Crippen LogP contribution in [-0.4, -0.2) is 40.5 Å². The highest BCUT2D eigenvalue weighted by Gasteiger charge is 2.12. The minimum atomic E-state index is 0.959. The smallest absolute Gasteiger partial charge is 0.139 e. The Morgan fingerprint density at radius 1 is 1.14 bits per heavy atom. The molecule has 1 fully saturated rings. The first-order valence-corrected chi connectivity index (χ1v) is 7.25. The number of fused-ring (bicyclic) bond motifs is 1. The van der Waals surface area contributed by atoms with E-state index in [1.807, 2.05) is 24.5 Å². The average molecular weight is 279 g/mol. The van der Waals surface area contributed by atoms with Crippen LogP contribution < -0.4 is 10.2 Å². The largest absolute Gasteiger partial charge is 0.369 e. The quantitative estimate of drug-likeness (QED) is 0.777. The zero-order chi connectivity index (χ0) is 14.1. The molecular formula is C16H17N5. The number of hydrogen-bond donors (Lipinski definition) is 1. The fraction of sp³-hybridized carbons (Fsp3) is 0.250. The molecule has 5 heteroatoms. The van der Waals surface area contributed by atoms with Crippen LogP contribution in [0.5, 0.6) is 0 Å². The predicted octanol–water partition coefficient (Wildman–Crippen LogP) is 1.81. The maximum atomic E-state index is 4.72. The minimum Gasteiger partial charge on any atom is -0.369 e. The van der Waals surface area contributed by atoms with Gasteiger partial charge in [-0.2, -0.15) is 0 Å². The van der Waals surface area contributed by atoms with Gasteiger partial charge >= 0.3 is 0 Å². The summed E-state index contributed by atoms with van der Waals surface area (Å²) in [5.41, 5.74) is 4.22. The van der Waals surface area contributed by atoms with Gasteiger partial charge in [0.05, 0.1) is 5.69 Å². The second kappa shape index (κ2) is 5.18. The van der Waals surface area contributed by atoms with Crippen LogP contribution in [0.1, 0.15) is 0 Å². The molecule has 0 amide bonds. The highest BCUT2D eigenvalue weighted by molar-refractivity contribution is 5.64. The molecule has 106 valence electrons. The molecule has 0 aromatic carbocycles. The lowest BCUT2D eigenvalue weighted by Gasteiger charge is -2.29. The van der Waals surface area contributed by atoms with Crippen molar-refractivity contribution in [1.29, 1.82) is 0 Å². The fourth-order valence-corrected chi connectivity index (χ4v) is 2.74. The average Bonchev–Trinajstić information content (AvgIpc) is 2.99. The fourth-order valence-electron chi connectivity index (χ4n) is 2.74. The molecule has 0 saturated carbocycles. The van der Waals surface area contributed by atoms with Gasteiger partial charge in [0.2, 0.25) is 0 Å². The highest BCUT2D eigenvalue weighted by Crippen LogP contribution is 2.21. The molecular weight excluding hydrogens is 262 g/mol. The van der Waals surface area contributed by atoms with Crippen molar-refractivity contribution in [2.45, 2.75) is 0 Å². The van der Waals surface area contributed by atoms with E-state index in [0.29, 0.717) is 0 Å². The van der Waals surface area contributed by atoms with E-state index in [2.05, 4.69) is 37.9 Å². The molecule has 5 nitrogen and oxygen atoms in total. The molecule has 0 atom stereocenters. The van der Waals surface area contributed by atoms with Crippen LogP contribution in [0, 0.1) is 0 Å². The van der Waals surface area contributed by atoms with E-state index in [-0.39, 0.29) is 0 Å². The lowest BCUT2D eigenvalue weighted by Crippen LogP contribution is -2.43. The Bertz CT molecular complexity index is 744. The molecule has 4 rings (SSSR count). The minimum absolute atomic E-state index is 0.959. The Balaban J connectivity index is 1.71. The van der Waals surface area contributed by atoms with Gasteiger partial charge in [-0.25, -0.2) is 4.98 Å². The van der Waals surface area contributed by atoms with Crippen LogP contribution in [0.15, 0.2) is 49.1 Å². The van der Waals surface area contributed by atoms with E-state index in [0.717, 1.165) is 43.1 Å². The van der Waals surface area contributed by atoms with Gasteiger partial charge < -0.3 is 14.6 Å². The van der Waals surface area contributed by atoms with E-state index in [1.54, 1.807) is 6.20 Å². The van der Waals surface area contributed by atoms with E-state index in [9.17, 15) is 0 Å². The van der Waals surface area contributed by atoms with E-state index >= 15 is 0 Å². The first-order valence-electron chi connectivity index (χ1n) is 7.25. The van der Waals surface area contributed by atoms with Crippen LogP contribution in [0.3, 0.4) is 0 Å². The first kappa shape index (κ1) is 12.3. The third-order valence-electron chi connectivity index (χ3n) is 3.88. The van der Waals surface area contributed by atoms with Crippen molar-refractivity contribution in [3.05, 3.63) is 49.1 Å². The summed E-state index contributed by atoms with van der Waals surface area (Å²) in [5.74, 6) is 0. The summed E-state index contributed by atoms with van der Waals surface area (Å²) < 4.78 is 2.06. The number of anilines is 1. The van der Waals surface area contributed by atoms with Crippen LogP contribution in [0.25, 0.3) is 16.9 Å². The molecule has 0 aliphatic carbocycles. The molecule has 4 heterocycles. The van der Waals surface area contributed by atoms with Gasteiger partial charge in [0.15, 0.2) is 0 Å². The number of imidazole rings is 1. The second-order valence-electron chi connectivity index (χ2n) is 5.26. The molecule has 1 aliphatic heterocycles. The van der Waals surface area contributed by atoms with E-state index < -0.39 is 0 Å². The summed E-state index contributed by atoms with van der Waals surface area (Å²) in [7, 11) is 0. The van der Waals surface area contributed by atoms with Gasteiger partial charge in [0, 0.05) is 68.3 Å². The lowest BCUT2D eigenvalue weighted by atomic mass is 10.2. The molecule has 3 aromatic rings. The number of nitrogens with one attached hydrogen (secondary N) is 1. The topological polar surface area (TPSA) is 45.5 Å². The summed E-state index contributed by atoms with van der Waals surface area (Å²) >= 11 is 0.